The number of aryl methyl sites for hydroxylation is 1. The van der Waals surface area contributed by atoms with Crippen LogP contribution in [0.25, 0.3) is 5.69 Å². The molecule has 2 aliphatic rings. The first-order valence-corrected chi connectivity index (χ1v) is 13.2. The number of aromatic nitrogens is 1. The highest BCUT2D eigenvalue weighted by Crippen LogP contribution is 2.43. The number of methoxy groups -OCH3 is 2. The highest BCUT2D eigenvalue weighted by atomic mass is 16.5. The lowest BCUT2D eigenvalue weighted by Crippen LogP contribution is -2.47. The molecule has 1 aromatic heterocycles. The summed E-state index contributed by atoms with van der Waals surface area (Å²) in [7, 11) is 3.06. The van der Waals surface area contributed by atoms with Crippen molar-refractivity contribution in [3.05, 3.63) is 107 Å². The van der Waals surface area contributed by atoms with Crippen LogP contribution in [0.4, 0.5) is 5.69 Å². The van der Waals surface area contributed by atoms with Gasteiger partial charge in [-0.15, -0.1) is 0 Å². The number of carbonyl (C=O) groups is 2. The summed E-state index contributed by atoms with van der Waals surface area (Å²) in [5.74, 6) is 0.448. The maximum absolute atomic E-state index is 14.4. The van der Waals surface area contributed by atoms with Crippen LogP contribution in [0.3, 0.4) is 0 Å². The van der Waals surface area contributed by atoms with E-state index in [1.165, 1.54) is 14.2 Å². The Morgan fingerprint density at radius 1 is 0.872 bits per heavy atom. The SMILES string of the molecule is COc1cccc(OC)c1C(=O)N(CC(=O)N1c2ccccc2-n2cccc2[C@@H]1c1cccc(C)c1)C1CC1. The van der Waals surface area contributed by atoms with E-state index in [4.69, 9.17) is 9.47 Å². The second-order valence-corrected chi connectivity index (χ2v) is 10.1. The molecule has 39 heavy (non-hydrogen) atoms. The Bertz CT molecular complexity index is 1530. The fourth-order valence-corrected chi connectivity index (χ4v) is 5.60. The van der Waals surface area contributed by atoms with Crippen LogP contribution in [-0.2, 0) is 4.79 Å². The van der Waals surface area contributed by atoms with E-state index in [0.29, 0.717) is 17.1 Å². The Labute approximate surface area is 228 Å². The van der Waals surface area contributed by atoms with E-state index < -0.39 is 0 Å². The largest absolute Gasteiger partial charge is 0.496 e. The highest BCUT2D eigenvalue weighted by molar-refractivity contribution is 6.05. The number of hydrogen-bond acceptors (Lipinski definition) is 4. The zero-order valence-corrected chi connectivity index (χ0v) is 22.3. The molecule has 7 heteroatoms. The molecule has 0 unspecified atom stereocenters. The summed E-state index contributed by atoms with van der Waals surface area (Å²) >= 11 is 0. The van der Waals surface area contributed by atoms with Gasteiger partial charge in [0, 0.05) is 12.2 Å². The van der Waals surface area contributed by atoms with Crippen LogP contribution in [-0.4, -0.2) is 48.1 Å². The van der Waals surface area contributed by atoms with Gasteiger partial charge in [-0.25, -0.2) is 0 Å². The van der Waals surface area contributed by atoms with Gasteiger partial charge in [-0.1, -0.05) is 48.0 Å². The zero-order chi connectivity index (χ0) is 27.1. The smallest absolute Gasteiger partial charge is 0.262 e. The number of rotatable bonds is 7. The van der Waals surface area contributed by atoms with E-state index in [-0.39, 0.29) is 30.4 Å². The summed E-state index contributed by atoms with van der Waals surface area (Å²) in [6.07, 6.45) is 3.75. The third-order valence-corrected chi connectivity index (χ3v) is 7.54. The normalized spacial score (nSPS) is 15.8. The van der Waals surface area contributed by atoms with Gasteiger partial charge in [0.25, 0.3) is 5.91 Å². The maximum Gasteiger partial charge on any atom is 0.262 e. The van der Waals surface area contributed by atoms with Gasteiger partial charge in [-0.3, -0.25) is 14.5 Å². The van der Waals surface area contributed by atoms with Crippen molar-refractivity contribution in [3.8, 4) is 17.2 Å². The average molecular weight is 522 g/mol. The molecule has 1 atom stereocenters. The minimum atomic E-state index is -0.334. The van der Waals surface area contributed by atoms with Gasteiger partial charge in [0.1, 0.15) is 29.6 Å². The first kappa shape index (κ1) is 24.8. The van der Waals surface area contributed by atoms with Crippen molar-refractivity contribution in [1.82, 2.24) is 9.47 Å². The molecule has 0 bridgehead atoms. The molecule has 6 rings (SSSR count). The number of para-hydroxylation sites is 2. The lowest BCUT2D eigenvalue weighted by molar-refractivity contribution is -0.119. The predicted molar refractivity (Wildman–Crippen MR) is 150 cm³/mol. The standard InChI is InChI=1S/C32H31N3O4/c1-21-9-6-10-22(19-21)31-26-13-8-18-33(26)24-11-4-5-12-25(24)35(31)29(36)20-34(23-16-17-23)32(37)30-27(38-2)14-7-15-28(30)39-3/h4-15,18-19,23,31H,16-17,20H2,1-3H3/t31-/m0/s1. The topological polar surface area (TPSA) is 64.0 Å². The van der Waals surface area contributed by atoms with Gasteiger partial charge in [0.05, 0.1) is 31.3 Å². The first-order chi connectivity index (χ1) is 19.0. The van der Waals surface area contributed by atoms with Gasteiger partial charge < -0.3 is 18.9 Å². The van der Waals surface area contributed by atoms with Crippen LogP contribution in [0.5, 0.6) is 11.5 Å². The molecule has 2 amide bonds. The molecule has 1 aliphatic carbocycles. The Morgan fingerprint density at radius 2 is 1.56 bits per heavy atom. The molecule has 198 valence electrons. The zero-order valence-electron chi connectivity index (χ0n) is 22.3. The fourth-order valence-electron chi connectivity index (χ4n) is 5.60. The highest BCUT2D eigenvalue weighted by Gasteiger charge is 2.41. The molecule has 1 saturated carbocycles. The number of carbonyl (C=O) groups excluding carboxylic acids is 2. The minimum Gasteiger partial charge on any atom is -0.496 e. The average Bonchev–Trinajstić information content (AvgIpc) is 3.69. The summed E-state index contributed by atoms with van der Waals surface area (Å²) in [6.45, 7) is 2.00. The van der Waals surface area contributed by atoms with E-state index in [0.717, 1.165) is 41.0 Å². The van der Waals surface area contributed by atoms with Crippen molar-refractivity contribution in [2.75, 3.05) is 25.7 Å². The number of fused-ring (bicyclic) bond motifs is 3. The number of amides is 2. The van der Waals surface area contributed by atoms with Crippen LogP contribution in [0.1, 0.15) is 46.1 Å². The number of nitrogens with zero attached hydrogens (tertiary/aromatic N) is 3. The summed E-state index contributed by atoms with van der Waals surface area (Å²) in [6, 6.07) is 25.2. The Balaban J connectivity index is 1.42. The van der Waals surface area contributed by atoms with Crippen molar-refractivity contribution < 1.29 is 19.1 Å². The fraction of sp³-hybridized carbons (Fsp3) is 0.250. The third-order valence-electron chi connectivity index (χ3n) is 7.54. The quantitative estimate of drug-likeness (QED) is 0.320. The molecule has 7 nitrogen and oxygen atoms in total. The number of benzene rings is 3. The number of hydrogen-bond donors (Lipinski definition) is 0. The monoisotopic (exact) mass is 521 g/mol. The van der Waals surface area contributed by atoms with Gasteiger partial charge in [0.2, 0.25) is 5.91 Å². The van der Waals surface area contributed by atoms with Crippen LogP contribution >= 0.6 is 0 Å². The summed E-state index contributed by atoms with van der Waals surface area (Å²) in [5, 5.41) is 0. The third kappa shape index (κ3) is 4.34. The Kier molecular flexibility index (Phi) is 6.35. The molecule has 0 saturated heterocycles. The van der Waals surface area contributed by atoms with Crippen molar-refractivity contribution in [2.24, 2.45) is 0 Å². The Morgan fingerprint density at radius 3 is 2.23 bits per heavy atom. The van der Waals surface area contributed by atoms with Crippen LogP contribution in [0.15, 0.2) is 85.1 Å². The van der Waals surface area contributed by atoms with Crippen LogP contribution < -0.4 is 14.4 Å². The van der Waals surface area contributed by atoms with Gasteiger partial charge in [-0.2, -0.15) is 0 Å². The molecule has 0 N–H and O–H groups in total. The molecular weight excluding hydrogens is 490 g/mol. The van der Waals surface area contributed by atoms with Gasteiger partial charge >= 0.3 is 0 Å². The molecule has 2 heterocycles. The lowest BCUT2D eigenvalue weighted by atomic mass is 9.96. The van der Waals surface area contributed by atoms with Crippen molar-refractivity contribution in [3.63, 3.8) is 0 Å². The second-order valence-electron chi connectivity index (χ2n) is 10.1. The van der Waals surface area contributed by atoms with E-state index in [1.807, 2.05) is 47.5 Å². The molecular formula is C32H31N3O4. The van der Waals surface area contributed by atoms with Crippen LogP contribution in [0.2, 0.25) is 0 Å². The van der Waals surface area contributed by atoms with Crippen LogP contribution in [0, 0.1) is 6.92 Å². The minimum absolute atomic E-state index is 0.00242. The Hall–Kier alpha value is -4.52. The van der Waals surface area contributed by atoms with E-state index in [2.05, 4.69) is 35.8 Å². The molecule has 0 radical (unpaired) electrons. The van der Waals surface area contributed by atoms with Crippen molar-refractivity contribution in [1.29, 1.82) is 0 Å². The van der Waals surface area contributed by atoms with E-state index in [1.54, 1.807) is 23.1 Å². The van der Waals surface area contributed by atoms with E-state index in [9.17, 15) is 9.59 Å². The predicted octanol–water partition coefficient (Wildman–Crippen LogP) is 5.54. The first-order valence-electron chi connectivity index (χ1n) is 13.2. The maximum atomic E-state index is 14.4. The molecule has 4 aromatic rings. The van der Waals surface area contributed by atoms with Gasteiger partial charge in [-0.05, 0) is 61.7 Å². The number of ether oxygens (including phenoxy) is 2. The lowest BCUT2D eigenvalue weighted by Gasteiger charge is -2.39. The molecule has 3 aromatic carbocycles. The molecule has 0 spiro atoms. The summed E-state index contributed by atoms with van der Waals surface area (Å²) < 4.78 is 13.2. The van der Waals surface area contributed by atoms with Crippen molar-refractivity contribution in [2.45, 2.75) is 31.8 Å². The van der Waals surface area contributed by atoms with Gasteiger partial charge in [0.15, 0.2) is 0 Å². The molecule has 1 aliphatic heterocycles. The summed E-state index contributed by atoms with van der Waals surface area (Å²) in [5.41, 5.74) is 5.23. The van der Waals surface area contributed by atoms with Crippen molar-refractivity contribution >= 4 is 17.5 Å². The molecule has 1 fully saturated rings. The second kappa shape index (κ2) is 9.98. The van der Waals surface area contributed by atoms with E-state index >= 15 is 0 Å². The summed E-state index contributed by atoms with van der Waals surface area (Å²) in [4.78, 5) is 32.0. The number of anilines is 1.